The average Bonchev–Trinajstić information content (AvgIpc) is 2.46. The molecule has 1 aliphatic rings. The number of carboxylic acid groups (broad SMARTS) is 1. The molecule has 0 saturated carbocycles. The van der Waals surface area contributed by atoms with E-state index >= 15 is 0 Å². The van der Waals surface area contributed by atoms with Gasteiger partial charge in [0.2, 0.25) is 11.8 Å². The standard InChI is InChI=1S/C14H21N3O4/c1-2-6-9(13(20)21)10-11(18)15-14(16-12(10)19)17-7-4-3-5-8-17/h9H,2-8H2,1H3,(H,20,21)(H2,15,16,18,19). The normalized spacial score (nSPS) is 16.7. The number of piperidine rings is 1. The van der Waals surface area contributed by atoms with Gasteiger partial charge < -0.3 is 15.1 Å². The van der Waals surface area contributed by atoms with Crippen molar-refractivity contribution in [3.05, 3.63) is 15.9 Å². The zero-order valence-electron chi connectivity index (χ0n) is 12.1. The first-order valence-electron chi connectivity index (χ1n) is 7.35. The van der Waals surface area contributed by atoms with Crippen LogP contribution in [0.3, 0.4) is 0 Å². The van der Waals surface area contributed by atoms with Crippen LogP contribution >= 0.6 is 0 Å². The number of aliphatic carboxylic acids is 1. The summed E-state index contributed by atoms with van der Waals surface area (Å²) in [6, 6.07) is 0. The molecule has 0 radical (unpaired) electrons. The van der Waals surface area contributed by atoms with Gasteiger partial charge in [0.15, 0.2) is 0 Å². The molecule has 0 amide bonds. The van der Waals surface area contributed by atoms with E-state index < -0.39 is 23.3 Å². The molecule has 1 aromatic heterocycles. The molecule has 0 aromatic carbocycles. The van der Waals surface area contributed by atoms with Crippen molar-refractivity contribution < 1.29 is 15.0 Å². The molecule has 1 unspecified atom stereocenters. The predicted molar refractivity (Wildman–Crippen MR) is 77.9 cm³/mol. The van der Waals surface area contributed by atoms with Gasteiger partial charge in [0.05, 0.1) is 11.5 Å². The molecule has 1 fully saturated rings. The van der Waals surface area contributed by atoms with E-state index in [1.165, 1.54) is 0 Å². The molecule has 0 aliphatic carbocycles. The molecule has 0 spiro atoms. The van der Waals surface area contributed by atoms with Crippen LogP contribution in [0, 0.1) is 0 Å². The van der Waals surface area contributed by atoms with Gasteiger partial charge in [0.1, 0.15) is 0 Å². The van der Waals surface area contributed by atoms with Crippen molar-refractivity contribution in [1.82, 2.24) is 9.97 Å². The first-order valence-corrected chi connectivity index (χ1v) is 7.35. The highest BCUT2D eigenvalue weighted by Crippen LogP contribution is 2.26. The first-order chi connectivity index (χ1) is 10.0. The average molecular weight is 295 g/mol. The van der Waals surface area contributed by atoms with Crippen LogP contribution in [-0.2, 0) is 4.79 Å². The van der Waals surface area contributed by atoms with Crippen molar-refractivity contribution in [3.63, 3.8) is 0 Å². The maximum atomic E-state index is 12.2. The lowest BCUT2D eigenvalue weighted by Gasteiger charge is -2.27. The number of nitrogens with one attached hydrogen (secondary N) is 1. The Morgan fingerprint density at radius 2 is 2.05 bits per heavy atom. The van der Waals surface area contributed by atoms with Gasteiger partial charge >= 0.3 is 5.97 Å². The van der Waals surface area contributed by atoms with E-state index in [4.69, 9.17) is 0 Å². The summed E-state index contributed by atoms with van der Waals surface area (Å²) in [5, 5.41) is 19.3. The van der Waals surface area contributed by atoms with Gasteiger partial charge in [-0.2, -0.15) is 4.98 Å². The number of hydrogen-bond acceptors (Lipinski definition) is 5. The van der Waals surface area contributed by atoms with Crippen LogP contribution < -0.4 is 10.5 Å². The molecule has 21 heavy (non-hydrogen) atoms. The highest BCUT2D eigenvalue weighted by Gasteiger charge is 2.27. The largest absolute Gasteiger partial charge is 0.493 e. The zero-order valence-corrected chi connectivity index (χ0v) is 12.1. The Hall–Kier alpha value is -2.05. The summed E-state index contributed by atoms with van der Waals surface area (Å²) in [5.41, 5.74) is -0.714. The van der Waals surface area contributed by atoms with E-state index in [0.29, 0.717) is 12.4 Å². The second-order valence-corrected chi connectivity index (χ2v) is 5.35. The maximum Gasteiger partial charge on any atom is 0.311 e. The summed E-state index contributed by atoms with van der Waals surface area (Å²) in [6.45, 7) is 3.38. The minimum atomic E-state index is -1.12. The fourth-order valence-electron chi connectivity index (χ4n) is 2.71. The van der Waals surface area contributed by atoms with Crippen molar-refractivity contribution in [2.24, 2.45) is 0 Å². The van der Waals surface area contributed by atoms with Crippen LogP contribution in [0.25, 0.3) is 0 Å². The van der Waals surface area contributed by atoms with Crippen molar-refractivity contribution in [2.75, 3.05) is 18.0 Å². The monoisotopic (exact) mass is 295 g/mol. The molecule has 1 atom stereocenters. The van der Waals surface area contributed by atoms with Gasteiger partial charge in [-0.1, -0.05) is 13.3 Å². The van der Waals surface area contributed by atoms with Crippen molar-refractivity contribution in [3.8, 4) is 5.88 Å². The van der Waals surface area contributed by atoms with E-state index in [2.05, 4.69) is 9.97 Å². The van der Waals surface area contributed by atoms with Crippen LogP contribution in [0.2, 0.25) is 0 Å². The van der Waals surface area contributed by atoms with Crippen molar-refractivity contribution in [1.29, 1.82) is 0 Å². The van der Waals surface area contributed by atoms with Crippen LogP contribution in [0.5, 0.6) is 5.88 Å². The van der Waals surface area contributed by atoms with Crippen molar-refractivity contribution >= 4 is 11.9 Å². The summed E-state index contributed by atoms with van der Waals surface area (Å²) in [4.78, 5) is 32.0. The SMILES string of the molecule is CCCC(C(=O)O)c1c(O)nc(N2CCCCC2)[nH]c1=O. The Bertz CT molecular complexity index is 564. The van der Waals surface area contributed by atoms with E-state index in [1.54, 1.807) is 0 Å². The van der Waals surface area contributed by atoms with Gasteiger partial charge in [0, 0.05) is 13.1 Å². The number of aromatic amines is 1. The molecular weight excluding hydrogens is 274 g/mol. The third-order valence-corrected chi connectivity index (χ3v) is 3.80. The number of hydrogen-bond donors (Lipinski definition) is 3. The fraction of sp³-hybridized carbons (Fsp3) is 0.643. The van der Waals surface area contributed by atoms with E-state index in [-0.39, 0.29) is 12.0 Å². The summed E-state index contributed by atoms with van der Waals surface area (Å²) in [5.74, 6) is -2.30. The number of anilines is 1. The minimum absolute atomic E-state index is 0.148. The smallest absolute Gasteiger partial charge is 0.311 e. The lowest BCUT2D eigenvalue weighted by Crippen LogP contribution is -2.33. The Labute approximate surface area is 122 Å². The Kier molecular flexibility index (Phi) is 4.82. The number of aromatic nitrogens is 2. The number of H-pyrrole nitrogens is 1. The van der Waals surface area contributed by atoms with Gasteiger partial charge in [-0.05, 0) is 25.7 Å². The summed E-state index contributed by atoms with van der Waals surface area (Å²) in [6.07, 6.45) is 4.06. The Morgan fingerprint density at radius 3 is 2.57 bits per heavy atom. The van der Waals surface area contributed by atoms with E-state index in [9.17, 15) is 19.8 Å². The van der Waals surface area contributed by atoms with Crippen LogP contribution in [0.4, 0.5) is 5.95 Å². The molecule has 1 aliphatic heterocycles. The van der Waals surface area contributed by atoms with Gasteiger partial charge in [-0.3, -0.25) is 14.6 Å². The molecule has 3 N–H and O–H groups in total. The first kappa shape index (κ1) is 15.3. The number of carboxylic acids is 1. The lowest BCUT2D eigenvalue weighted by molar-refractivity contribution is -0.139. The van der Waals surface area contributed by atoms with E-state index in [0.717, 1.165) is 32.4 Å². The minimum Gasteiger partial charge on any atom is -0.493 e. The molecule has 116 valence electrons. The molecule has 1 aromatic rings. The number of aromatic hydroxyl groups is 1. The van der Waals surface area contributed by atoms with Gasteiger partial charge in [-0.25, -0.2) is 0 Å². The molecule has 2 heterocycles. The molecular formula is C14H21N3O4. The Balaban J connectivity index is 2.36. The third kappa shape index (κ3) is 3.34. The predicted octanol–water partition coefficient (Wildman–Crippen LogP) is 1.43. The molecule has 1 saturated heterocycles. The topological polar surface area (TPSA) is 107 Å². The highest BCUT2D eigenvalue weighted by atomic mass is 16.4. The second-order valence-electron chi connectivity index (χ2n) is 5.35. The van der Waals surface area contributed by atoms with Crippen LogP contribution in [0.1, 0.15) is 50.5 Å². The van der Waals surface area contributed by atoms with Gasteiger partial charge in [-0.15, -0.1) is 0 Å². The second kappa shape index (κ2) is 6.60. The quantitative estimate of drug-likeness (QED) is 0.758. The maximum absolute atomic E-state index is 12.2. The lowest BCUT2D eigenvalue weighted by atomic mass is 9.96. The number of rotatable bonds is 5. The summed E-state index contributed by atoms with van der Waals surface area (Å²) >= 11 is 0. The number of carbonyl (C=O) groups is 1. The Morgan fingerprint density at radius 1 is 1.38 bits per heavy atom. The number of nitrogens with zero attached hydrogens (tertiary/aromatic N) is 2. The van der Waals surface area contributed by atoms with Crippen LogP contribution in [0.15, 0.2) is 4.79 Å². The highest BCUT2D eigenvalue weighted by molar-refractivity contribution is 5.76. The zero-order chi connectivity index (χ0) is 15.4. The van der Waals surface area contributed by atoms with E-state index in [1.807, 2.05) is 11.8 Å². The summed E-state index contributed by atoms with van der Waals surface area (Å²) in [7, 11) is 0. The third-order valence-electron chi connectivity index (χ3n) is 3.80. The van der Waals surface area contributed by atoms with Crippen molar-refractivity contribution in [2.45, 2.75) is 44.9 Å². The molecule has 2 rings (SSSR count). The molecule has 7 heteroatoms. The van der Waals surface area contributed by atoms with Crippen LogP contribution in [-0.4, -0.2) is 39.2 Å². The fourth-order valence-corrected chi connectivity index (χ4v) is 2.71. The molecule has 0 bridgehead atoms. The van der Waals surface area contributed by atoms with Gasteiger partial charge in [0.25, 0.3) is 5.56 Å². The summed E-state index contributed by atoms with van der Waals surface area (Å²) < 4.78 is 0. The molecule has 7 nitrogen and oxygen atoms in total.